The summed E-state index contributed by atoms with van der Waals surface area (Å²) in [5.74, 6) is -0.712. The minimum atomic E-state index is -0.631. The Morgan fingerprint density at radius 3 is 2.64 bits per heavy atom. The Balaban J connectivity index is 1.97. The maximum absolute atomic E-state index is 12.1. The van der Waals surface area contributed by atoms with Crippen molar-refractivity contribution < 1.29 is 14.3 Å². The molecule has 1 unspecified atom stereocenters. The maximum atomic E-state index is 12.1. The summed E-state index contributed by atoms with van der Waals surface area (Å²) >= 11 is 5.81. The molecule has 6 heteroatoms. The molecule has 0 spiro atoms. The van der Waals surface area contributed by atoms with Crippen molar-refractivity contribution in [3.63, 3.8) is 0 Å². The summed E-state index contributed by atoms with van der Waals surface area (Å²) in [6.45, 7) is 3.80. The number of nitrogens with two attached hydrogens (primary N) is 1. The van der Waals surface area contributed by atoms with E-state index < -0.39 is 11.9 Å². The monoisotopic (exact) mass is 360 g/mol. The van der Waals surface area contributed by atoms with E-state index in [0.717, 1.165) is 17.7 Å². The highest BCUT2D eigenvalue weighted by atomic mass is 35.5. The number of nitrogen functional groups attached to an aromatic ring is 1. The first-order valence-corrected chi connectivity index (χ1v) is 8.41. The van der Waals surface area contributed by atoms with Gasteiger partial charge in [0.05, 0.1) is 16.3 Å². The lowest BCUT2D eigenvalue weighted by Crippen LogP contribution is -2.21. The molecule has 0 aliphatic rings. The van der Waals surface area contributed by atoms with Crippen molar-refractivity contribution in [3.8, 4) is 0 Å². The molecular formula is C19H21ClN2O3. The molecule has 0 aromatic heterocycles. The van der Waals surface area contributed by atoms with Crippen LogP contribution in [0, 0.1) is 0 Å². The molecule has 5 nitrogen and oxygen atoms in total. The molecule has 25 heavy (non-hydrogen) atoms. The molecule has 132 valence electrons. The van der Waals surface area contributed by atoms with Crippen molar-refractivity contribution in [2.75, 3.05) is 17.7 Å². The Bertz CT molecular complexity index is 777. The summed E-state index contributed by atoms with van der Waals surface area (Å²) in [7, 11) is 0. The van der Waals surface area contributed by atoms with Crippen LogP contribution in [0.2, 0.25) is 5.02 Å². The van der Waals surface area contributed by atoms with Gasteiger partial charge in [-0.25, -0.2) is 4.79 Å². The van der Waals surface area contributed by atoms with Crippen LogP contribution >= 0.6 is 11.6 Å². The van der Waals surface area contributed by atoms with Gasteiger partial charge in [-0.2, -0.15) is 0 Å². The van der Waals surface area contributed by atoms with E-state index >= 15 is 0 Å². The largest absolute Gasteiger partial charge is 0.452 e. The van der Waals surface area contributed by atoms with Crippen LogP contribution in [0.15, 0.2) is 42.5 Å². The number of rotatable bonds is 6. The summed E-state index contributed by atoms with van der Waals surface area (Å²) in [6, 6.07) is 12.0. The van der Waals surface area contributed by atoms with Gasteiger partial charge in [0.2, 0.25) is 0 Å². The third kappa shape index (κ3) is 4.97. The molecule has 0 saturated carbocycles. The molecule has 0 radical (unpaired) electrons. The van der Waals surface area contributed by atoms with E-state index in [-0.39, 0.29) is 17.9 Å². The number of hydrogen-bond donors (Lipinski definition) is 2. The zero-order valence-electron chi connectivity index (χ0n) is 14.2. The van der Waals surface area contributed by atoms with Crippen LogP contribution in [-0.2, 0) is 9.53 Å². The van der Waals surface area contributed by atoms with Gasteiger partial charge in [-0.05, 0) is 42.2 Å². The lowest BCUT2D eigenvalue weighted by Gasteiger charge is -2.15. The van der Waals surface area contributed by atoms with E-state index in [2.05, 4.69) is 19.2 Å². The van der Waals surface area contributed by atoms with Gasteiger partial charge in [-0.1, -0.05) is 43.6 Å². The summed E-state index contributed by atoms with van der Waals surface area (Å²) in [4.78, 5) is 24.1. The van der Waals surface area contributed by atoms with E-state index in [9.17, 15) is 9.59 Å². The number of carbonyl (C=O) groups excluding carboxylic acids is 2. The number of para-hydroxylation sites is 1. The highest BCUT2D eigenvalue weighted by Gasteiger charge is 2.14. The number of esters is 1. The quantitative estimate of drug-likeness (QED) is 0.596. The van der Waals surface area contributed by atoms with Crippen molar-refractivity contribution in [1.82, 2.24) is 0 Å². The second-order valence-electron chi connectivity index (χ2n) is 5.76. The first kappa shape index (κ1) is 18.8. The molecule has 0 heterocycles. The summed E-state index contributed by atoms with van der Waals surface area (Å²) in [5, 5.41) is 3.15. The van der Waals surface area contributed by atoms with Crippen LogP contribution in [0.25, 0.3) is 0 Å². The Morgan fingerprint density at radius 1 is 1.24 bits per heavy atom. The number of ether oxygens (including phenoxy) is 1. The molecule has 2 rings (SSSR count). The Labute approximate surface area is 152 Å². The number of carbonyl (C=O) groups is 2. The molecule has 1 atom stereocenters. The minimum absolute atomic E-state index is 0.245. The topological polar surface area (TPSA) is 81.4 Å². The van der Waals surface area contributed by atoms with Gasteiger partial charge >= 0.3 is 5.97 Å². The predicted octanol–water partition coefficient (Wildman–Crippen LogP) is 4.23. The molecule has 0 fully saturated rings. The van der Waals surface area contributed by atoms with Crippen LogP contribution in [0.1, 0.15) is 42.1 Å². The van der Waals surface area contributed by atoms with Crippen LogP contribution in [0.3, 0.4) is 0 Å². The van der Waals surface area contributed by atoms with Crippen LogP contribution in [0.5, 0.6) is 0 Å². The lowest BCUT2D eigenvalue weighted by atomic mass is 9.97. The summed E-state index contributed by atoms with van der Waals surface area (Å²) in [5.41, 5.74) is 7.96. The highest BCUT2D eigenvalue weighted by Crippen LogP contribution is 2.26. The fourth-order valence-electron chi connectivity index (χ4n) is 2.33. The summed E-state index contributed by atoms with van der Waals surface area (Å²) < 4.78 is 5.03. The molecule has 0 saturated heterocycles. The third-order valence-electron chi connectivity index (χ3n) is 3.94. The molecule has 2 aromatic rings. The lowest BCUT2D eigenvalue weighted by molar-refractivity contribution is -0.119. The van der Waals surface area contributed by atoms with Crippen molar-refractivity contribution in [3.05, 3.63) is 58.6 Å². The molecular weight excluding hydrogens is 340 g/mol. The van der Waals surface area contributed by atoms with Crippen molar-refractivity contribution in [2.24, 2.45) is 0 Å². The molecule has 1 amide bonds. The Hall–Kier alpha value is -2.53. The molecule has 2 aromatic carbocycles. The van der Waals surface area contributed by atoms with E-state index in [1.165, 1.54) is 18.2 Å². The van der Waals surface area contributed by atoms with Crippen LogP contribution < -0.4 is 11.1 Å². The van der Waals surface area contributed by atoms with Crippen molar-refractivity contribution in [2.45, 2.75) is 26.2 Å². The first-order chi connectivity index (χ1) is 11.9. The van der Waals surface area contributed by atoms with E-state index in [1.807, 2.05) is 24.3 Å². The fourth-order valence-corrected chi connectivity index (χ4v) is 2.45. The van der Waals surface area contributed by atoms with Crippen molar-refractivity contribution >= 4 is 34.9 Å². The second-order valence-corrected chi connectivity index (χ2v) is 6.16. The zero-order valence-corrected chi connectivity index (χ0v) is 15.0. The zero-order chi connectivity index (χ0) is 18.4. The van der Waals surface area contributed by atoms with Crippen LogP contribution in [-0.4, -0.2) is 18.5 Å². The minimum Gasteiger partial charge on any atom is -0.452 e. The molecule has 0 aliphatic carbocycles. The third-order valence-corrected chi connectivity index (χ3v) is 4.29. The fraction of sp³-hybridized carbons (Fsp3) is 0.263. The van der Waals surface area contributed by atoms with E-state index in [1.54, 1.807) is 0 Å². The SMILES string of the molecule is CCC(C)c1ccccc1NC(=O)COC(=O)c1ccc(Cl)c(N)c1. The van der Waals surface area contributed by atoms with E-state index in [0.29, 0.717) is 10.9 Å². The van der Waals surface area contributed by atoms with Gasteiger partial charge in [-0.15, -0.1) is 0 Å². The van der Waals surface area contributed by atoms with Gasteiger partial charge in [0, 0.05) is 5.69 Å². The smallest absolute Gasteiger partial charge is 0.338 e. The number of benzene rings is 2. The maximum Gasteiger partial charge on any atom is 0.338 e. The average molecular weight is 361 g/mol. The van der Waals surface area contributed by atoms with Gasteiger partial charge in [0.1, 0.15) is 0 Å². The number of nitrogens with one attached hydrogen (secondary N) is 1. The van der Waals surface area contributed by atoms with Crippen molar-refractivity contribution in [1.29, 1.82) is 0 Å². The van der Waals surface area contributed by atoms with E-state index in [4.69, 9.17) is 22.1 Å². The number of anilines is 2. The summed E-state index contributed by atoms with van der Waals surface area (Å²) in [6.07, 6.45) is 0.958. The number of hydrogen-bond acceptors (Lipinski definition) is 4. The molecule has 0 bridgehead atoms. The predicted molar refractivity (Wildman–Crippen MR) is 99.9 cm³/mol. The number of amides is 1. The normalized spacial score (nSPS) is 11.6. The molecule has 0 aliphatic heterocycles. The van der Waals surface area contributed by atoms with Gasteiger partial charge in [0.15, 0.2) is 6.61 Å². The second kappa shape index (κ2) is 8.53. The first-order valence-electron chi connectivity index (χ1n) is 8.03. The van der Waals surface area contributed by atoms with Gasteiger partial charge < -0.3 is 15.8 Å². The van der Waals surface area contributed by atoms with Gasteiger partial charge in [0.25, 0.3) is 5.91 Å². The number of halogens is 1. The Kier molecular flexibility index (Phi) is 6.42. The standard InChI is InChI=1S/C19H21ClN2O3/c1-3-12(2)14-6-4-5-7-17(14)22-18(23)11-25-19(24)13-8-9-15(20)16(21)10-13/h4-10,12H,3,11,21H2,1-2H3,(H,22,23). The highest BCUT2D eigenvalue weighted by molar-refractivity contribution is 6.33. The average Bonchev–Trinajstić information content (AvgIpc) is 2.61. The molecule has 3 N–H and O–H groups in total. The van der Waals surface area contributed by atoms with Gasteiger partial charge in [-0.3, -0.25) is 4.79 Å². The Morgan fingerprint density at radius 2 is 1.96 bits per heavy atom. The van der Waals surface area contributed by atoms with Crippen LogP contribution in [0.4, 0.5) is 11.4 Å².